The Labute approximate surface area is 185 Å². The van der Waals surface area contributed by atoms with Crippen LogP contribution in [-0.4, -0.2) is 29.7 Å². The summed E-state index contributed by atoms with van der Waals surface area (Å²) in [7, 11) is 0. The van der Waals surface area contributed by atoms with Gasteiger partial charge in [-0.25, -0.2) is 9.98 Å². The minimum Gasteiger partial charge on any atom is -0.444 e. The number of hydrogen-bond donors (Lipinski definition) is 2. The van der Waals surface area contributed by atoms with Gasteiger partial charge in [-0.05, 0) is 38.3 Å². The largest absolute Gasteiger partial charge is 0.444 e. The van der Waals surface area contributed by atoms with E-state index in [9.17, 15) is 13.2 Å². The van der Waals surface area contributed by atoms with E-state index >= 15 is 0 Å². The quantitative estimate of drug-likeness (QED) is 0.325. The molecule has 1 saturated carbocycles. The molecule has 1 fully saturated rings. The maximum absolute atomic E-state index is 13.0. The molecule has 0 amide bonds. The van der Waals surface area contributed by atoms with Crippen molar-refractivity contribution in [2.75, 3.05) is 6.54 Å². The highest BCUT2D eigenvalue weighted by molar-refractivity contribution is 14.0. The lowest BCUT2D eigenvalue weighted by Gasteiger charge is -2.31. The van der Waals surface area contributed by atoms with E-state index < -0.39 is 12.1 Å². The van der Waals surface area contributed by atoms with Gasteiger partial charge in [0, 0.05) is 18.2 Å². The van der Waals surface area contributed by atoms with E-state index in [2.05, 4.69) is 20.6 Å². The number of aromatic nitrogens is 1. The average molecular weight is 522 g/mol. The van der Waals surface area contributed by atoms with E-state index in [0.717, 1.165) is 5.56 Å². The Morgan fingerprint density at radius 3 is 2.69 bits per heavy atom. The van der Waals surface area contributed by atoms with Crippen molar-refractivity contribution >= 4 is 29.9 Å². The molecule has 2 unspecified atom stereocenters. The number of hydrogen-bond acceptors (Lipinski definition) is 3. The summed E-state index contributed by atoms with van der Waals surface area (Å²) in [6, 6.07) is 9.30. The zero-order valence-electron chi connectivity index (χ0n) is 16.2. The van der Waals surface area contributed by atoms with Crippen molar-refractivity contribution in [2.24, 2.45) is 10.9 Å². The predicted molar refractivity (Wildman–Crippen MR) is 117 cm³/mol. The summed E-state index contributed by atoms with van der Waals surface area (Å²) in [5.74, 6) is -0.228. The summed E-state index contributed by atoms with van der Waals surface area (Å²) < 4.78 is 44.6. The summed E-state index contributed by atoms with van der Waals surface area (Å²) in [6.07, 6.45) is -1.03. The second-order valence-electron chi connectivity index (χ2n) is 6.95. The topological polar surface area (TPSA) is 62.5 Å². The zero-order valence-corrected chi connectivity index (χ0v) is 18.5. The molecular weight excluding hydrogens is 496 g/mol. The summed E-state index contributed by atoms with van der Waals surface area (Å²) >= 11 is 0. The molecule has 1 heterocycles. The van der Waals surface area contributed by atoms with Crippen molar-refractivity contribution in [3.63, 3.8) is 0 Å². The minimum atomic E-state index is -4.13. The highest BCUT2D eigenvalue weighted by Gasteiger charge is 2.42. The molecule has 0 spiro atoms. The number of nitrogens with zero attached hydrogens (tertiary/aromatic N) is 2. The molecule has 0 bridgehead atoms. The highest BCUT2D eigenvalue weighted by Crippen LogP contribution is 2.37. The lowest BCUT2D eigenvalue weighted by molar-refractivity contribution is -0.183. The van der Waals surface area contributed by atoms with Gasteiger partial charge in [-0.1, -0.05) is 24.6 Å². The number of alkyl halides is 3. The Bertz CT molecular complexity index is 780. The molecule has 1 aliphatic rings. The van der Waals surface area contributed by atoms with Crippen molar-refractivity contribution in [2.45, 2.75) is 51.4 Å². The first-order chi connectivity index (χ1) is 13.5. The molecule has 2 aromatic rings. The maximum atomic E-state index is 13.0. The minimum absolute atomic E-state index is 0. The fourth-order valence-electron chi connectivity index (χ4n) is 3.38. The van der Waals surface area contributed by atoms with Crippen LogP contribution < -0.4 is 10.6 Å². The van der Waals surface area contributed by atoms with Crippen LogP contribution in [0.3, 0.4) is 0 Å². The van der Waals surface area contributed by atoms with Crippen LogP contribution in [0.2, 0.25) is 0 Å². The van der Waals surface area contributed by atoms with Crippen LogP contribution in [0.1, 0.15) is 38.3 Å². The summed E-state index contributed by atoms with van der Waals surface area (Å²) in [5.41, 5.74) is 1.54. The first kappa shape index (κ1) is 23.5. The monoisotopic (exact) mass is 522 g/mol. The molecule has 0 radical (unpaired) electrons. The maximum Gasteiger partial charge on any atom is 0.391 e. The Kier molecular flexibility index (Phi) is 8.79. The number of oxazole rings is 1. The zero-order chi connectivity index (χ0) is 20.0. The van der Waals surface area contributed by atoms with Crippen molar-refractivity contribution in [1.82, 2.24) is 15.6 Å². The van der Waals surface area contributed by atoms with Crippen LogP contribution in [-0.2, 0) is 6.54 Å². The van der Waals surface area contributed by atoms with Gasteiger partial charge in [0.15, 0.2) is 5.96 Å². The third-order valence-electron chi connectivity index (χ3n) is 4.79. The molecule has 0 aliphatic heterocycles. The summed E-state index contributed by atoms with van der Waals surface area (Å²) in [4.78, 5) is 8.89. The lowest BCUT2D eigenvalue weighted by atomic mass is 9.85. The summed E-state index contributed by atoms with van der Waals surface area (Å²) in [5, 5.41) is 6.24. The number of aliphatic imine (C=N–C) groups is 1. The van der Waals surface area contributed by atoms with E-state index in [0.29, 0.717) is 36.9 Å². The van der Waals surface area contributed by atoms with E-state index in [1.807, 2.05) is 37.3 Å². The van der Waals surface area contributed by atoms with Gasteiger partial charge >= 0.3 is 6.18 Å². The molecule has 9 heteroatoms. The normalized spacial score (nSPS) is 20.1. The summed E-state index contributed by atoms with van der Waals surface area (Å²) in [6.45, 7) is 2.82. The third-order valence-corrected chi connectivity index (χ3v) is 4.79. The molecular formula is C20H26F3IN4O. The number of benzene rings is 1. The van der Waals surface area contributed by atoms with Crippen molar-refractivity contribution < 1.29 is 17.6 Å². The molecule has 1 aromatic carbocycles. The molecule has 160 valence electrons. The smallest absolute Gasteiger partial charge is 0.391 e. The Morgan fingerprint density at radius 2 is 2.00 bits per heavy atom. The van der Waals surface area contributed by atoms with E-state index in [-0.39, 0.29) is 49.4 Å². The first-order valence-electron chi connectivity index (χ1n) is 9.57. The number of guanidine groups is 1. The average Bonchev–Trinajstić information content (AvgIpc) is 3.16. The van der Waals surface area contributed by atoms with E-state index in [4.69, 9.17) is 4.42 Å². The van der Waals surface area contributed by atoms with Crippen molar-refractivity contribution in [3.8, 4) is 11.5 Å². The van der Waals surface area contributed by atoms with Gasteiger partial charge in [0.2, 0.25) is 5.89 Å². The molecule has 1 aliphatic carbocycles. The fraction of sp³-hybridized carbons (Fsp3) is 0.500. The van der Waals surface area contributed by atoms with Crippen LogP contribution >= 0.6 is 24.0 Å². The molecule has 5 nitrogen and oxygen atoms in total. The van der Waals surface area contributed by atoms with Gasteiger partial charge < -0.3 is 15.1 Å². The number of halogens is 4. The van der Waals surface area contributed by atoms with Gasteiger partial charge in [0.25, 0.3) is 0 Å². The Balaban J connectivity index is 0.00000300. The van der Waals surface area contributed by atoms with Crippen LogP contribution in [0, 0.1) is 5.92 Å². The van der Waals surface area contributed by atoms with Crippen LogP contribution in [0.4, 0.5) is 13.2 Å². The van der Waals surface area contributed by atoms with E-state index in [1.165, 1.54) is 0 Å². The molecule has 29 heavy (non-hydrogen) atoms. The SMILES string of the molecule is CCNC(=NCc1coc(-c2ccccc2)n1)NC1CCCC(C(F)(F)F)C1.I. The number of rotatable bonds is 5. The van der Waals surface area contributed by atoms with Crippen molar-refractivity contribution in [3.05, 3.63) is 42.3 Å². The van der Waals surface area contributed by atoms with Gasteiger partial charge in [-0.15, -0.1) is 24.0 Å². The van der Waals surface area contributed by atoms with Crippen LogP contribution in [0.15, 0.2) is 46.0 Å². The molecule has 0 saturated heterocycles. The molecule has 2 atom stereocenters. The van der Waals surface area contributed by atoms with Gasteiger partial charge in [0.05, 0.1) is 12.5 Å². The number of nitrogens with one attached hydrogen (secondary N) is 2. The van der Waals surface area contributed by atoms with E-state index in [1.54, 1.807) is 6.26 Å². The van der Waals surface area contributed by atoms with Gasteiger partial charge in [0.1, 0.15) is 12.0 Å². The molecule has 2 N–H and O–H groups in total. The van der Waals surface area contributed by atoms with Gasteiger partial charge in [-0.3, -0.25) is 0 Å². The van der Waals surface area contributed by atoms with Crippen LogP contribution in [0.25, 0.3) is 11.5 Å². The third kappa shape index (κ3) is 6.90. The van der Waals surface area contributed by atoms with Gasteiger partial charge in [-0.2, -0.15) is 13.2 Å². The second-order valence-corrected chi connectivity index (χ2v) is 6.95. The second kappa shape index (κ2) is 10.8. The lowest BCUT2D eigenvalue weighted by Crippen LogP contribution is -2.46. The molecule has 3 rings (SSSR count). The first-order valence-corrected chi connectivity index (χ1v) is 9.57. The molecule has 1 aromatic heterocycles. The fourth-order valence-corrected chi connectivity index (χ4v) is 3.38. The predicted octanol–water partition coefficient (Wildman–Crippen LogP) is 5.14. The Morgan fingerprint density at radius 1 is 1.24 bits per heavy atom. The van der Waals surface area contributed by atoms with Crippen LogP contribution in [0.5, 0.6) is 0 Å². The van der Waals surface area contributed by atoms with Crippen molar-refractivity contribution in [1.29, 1.82) is 0 Å². The highest BCUT2D eigenvalue weighted by atomic mass is 127. The Hall–Kier alpha value is -1.78. The standard InChI is InChI=1S/C20H25F3N4O.HI/c1-2-24-19(27-16-10-6-9-15(11-16)20(21,22)23)25-12-17-13-28-18(26-17)14-7-4-3-5-8-14;/h3-5,7-8,13,15-16H,2,6,9-12H2,1H3,(H2,24,25,27);1H.